The summed E-state index contributed by atoms with van der Waals surface area (Å²) < 4.78 is 46.6. The van der Waals surface area contributed by atoms with Gasteiger partial charge in [0.25, 0.3) is 0 Å². The summed E-state index contributed by atoms with van der Waals surface area (Å²) in [4.78, 5) is 13.4. The number of carbonyl (C=O) groups is 1. The number of carbonyl (C=O) groups excluding carboxylic acids is 1. The second-order valence-corrected chi connectivity index (χ2v) is 6.00. The van der Waals surface area contributed by atoms with Crippen LogP contribution < -0.4 is 4.90 Å². The third kappa shape index (κ3) is 3.34. The number of ether oxygens (including phenoxy) is 1. The third-order valence-electron chi connectivity index (χ3n) is 4.53. The van der Waals surface area contributed by atoms with Crippen LogP contribution in [-0.2, 0) is 4.74 Å². The molecule has 3 rings (SSSR count). The van der Waals surface area contributed by atoms with E-state index in [1.807, 2.05) is 4.90 Å². The molecule has 0 amide bonds. The first-order chi connectivity index (χ1) is 12.0. The van der Waals surface area contributed by atoms with Gasteiger partial charge in [-0.3, -0.25) is 0 Å². The van der Waals surface area contributed by atoms with Gasteiger partial charge in [-0.05, 0) is 43.5 Å². The fourth-order valence-electron chi connectivity index (χ4n) is 3.30. The Labute approximate surface area is 144 Å². The first-order valence-corrected chi connectivity index (χ1v) is 8.11. The summed E-state index contributed by atoms with van der Waals surface area (Å²) >= 11 is 0. The second kappa shape index (κ2) is 7.17. The lowest BCUT2D eigenvalue weighted by molar-refractivity contribution is 0.0595. The minimum Gasteiger partial charge on any atom is -0.465 e. The molecule has 132 valence electrons. The summed E-state index contributed by atoms with van der Waals surface area (Å²) in [5.74, 6) is -3.22. The molecule has 2 aromatic rings. The normalized spacial score (nSPS) is 17.4. The van der Waals surface area contributed by atoms with E-state index >= 15 is 0 Å². The molecule has 1 saturated heterocycles. The van der Waals surface area contributed by atoms with E-state index in [0.717, 1.165) is 18.9 Å². The van der Waals surface area contributed by atoms with Gasteiger partial charge < -0.3 is 9.64 Å². The highest BCUT2D eigenvalue weighted by atomic mass is 19.2. The van der Waals surface area contributed by atoms with Crippen molar-refractivity contribution in [1.82, 2.24) is 0 Å². The van der Waals surface area contributed by atoms with Gasteiger partial charge in [-0.15, -0.1) is 0 Å². The molecule has 0 aromatic heterocycles. The molecule has 2 aromatic carbocycles. The van der Waals surface area contributed by atoms with Crippen molar-refractivity contribution in [2.75, 3.05) is 18.6 Å². The Balaban J connectivity index is 1.98. The van der Waals surface area contributed by atoms with Gasteiger partial charge in [-0.2, -0.15) is 0 Å². The molecule has 1 heterocycles. The summed E-state index contributed by atoms with van der Waals surface area (Å²) in [6, 6.07) is 7.92. The molecule has 0 radical (unpaired) electrons. The summed E-state index contributed by atoms with van der Waals surface area (Å²) in [5, 5.41) is 0. The molecule has 0 spiro atoms. The molecule has 1 unspecified atom stereocenters. The number of nitrogens with zero attached hydrogens (tertiary/aromatic N) is 1. The molecule has 0 N–H and O–H groups in total. The number of methoxy groups -OCH3 is 1. The summed E-state index contributed by atoms with van der Waals surface area (Å²) in [6.45, 7) is 0.595. The Kier molecular flexibility index (Phi) is 4.97. The molecular weight excluding hydrogens is 331 g/mol. The highest BCUT2D eigenvalue weighted by Gasteiger charge is 2.28. The Morgan fingerprint density at radius 1 is 1.12 bits per heavy atom. The van der Waals surface area contributed by atoms with Crippen molar-refractivity contribution in [2.24, 2.45) is 0 Å². The van der Waals surface area contributed by atoms with Crippen LogP contribution in [0.25, 0.3) is 0 Å². The Bertz CT molecular complexity index is 794. The maximum absolute atomic E-state index is 14.3. The number of piperidine rings is 1. The number of benzene rings is 2. The van der Waals surface area contributed by atoms with Crippen molar-refractivity contribution < 1.29 is 22.7 Å². The lowest BCUT2D eigenvalue weighted by Gasteiger charge is -2.38. The lowest BCUT2D eigenvalue weighted by Crippen LogP contribution is -2.34. The monoisotopic (exact) mass is 349 g/mol. The summed E-state index contributed by atoms with van der Waals surface area (Å²) in [5.41, 5.74) is 0.632. The fraction of sp³-hybridized carbons (Fsp3) is 0.316. The van der Waals surface area contributed by atoms with Crippen molar-refractivity contribution in [2.45, 2.75) is 25.3 Å². The van der Waals surface area contributed by atoms with Gasteiger partial charge in [0.2, 0.25) is 0 Å². The largest absolute Gasteiger partial charge is 0.465 e. The number of rotatable bonds is 3. The highest BCUT2D eigenvalue weighted by molar-refractivity contribution is 5.90. The molecule has 1 aliphatic heterocycles. The van der Waals surface area contributed by atoms with E-state index in [9.17, 15) is 18.0 Å². The van der Waals surface area contributed by atoms with Gasteiger partial charge >= 0.3 is 5.97 Å². The number of hydrogen-bond donors (Lipinski definition) is 0. The standard InChI is InChI=1S/C19H18F3NO2/c1-25-19(24)13-9-8-12(11-16(13)21)23-10-3-2-7-17(23)14-5-4-6-15(20)18(14)22/h4-6,8-9,11,17H,2-3,7,10H2,1H3. The molecule has 3 nitrogen and oxygen atoms in total. The van der Waals surface area contributed by atoms with Crippen LogP contribution >= 0.6 is 0 Å². The van der Waals surface area contributed by atoms with Crippen LogP contribution in [0.4, 0.5) is 18.9 Å². The molecule has 25 heavy (non-hydrogen) atoms. The van der Waals surface area contributed by atoms with Crippen LogP contribution in [0.2, 0.25) is 0 Å². The van der Waals surface area contributed by atoms with E-state index in [-0.39, 0.29) is 17.2 Å². The van der Waals surface area contributed by atoms with Crippen molar-refractivity contribution in [3.63, 3.8) is 0 Å². The van der Waals surface area contributed by atoms with E-state index in [2.05, 4.69) is 4.74 Å². The number of halogens is 3. The van der Waals surface area contributed by atoms with E-state index in [1.165, 1.54) is 25.3 Å². The zero-order valence-electron chi connectivity index (χ0n) is 13.8. The van der Waals surface area contributed by atoms with Crippen molar-refractivity contribution in [1.29, 1.82) is 0 Å². The predicted molar refractivity (Wildman–Crippen MR) is 88.0 cm³/mol. The fourth-order valence-corrected chi connectivity index (χ4v) is 3.30. The zero-order valence-corrected chi connectivity index (χ0v) is 13.8. The Morgan fingerprint density at radius 3 is 2.64 bits per heavy atom. The predicted octanol–water partition coefficient (Wildman–Crippen LogP) is 4.62. The number of esters is 1. The SMILES string of the molecule is COC(=O)c1ccc(N2CCCCC2c2cccc(F)c2F)cc1F. The summed E-state index contributed by atoms with van der Waals surface area (Å²) in [6.07, 6.45) is 2.38. The van der Waals surface area contributed by atoms with Crippen molar-refractivity contribution >= 4 is 11.7 Å². The van der Waals surface area contributed by atoms with Crippen LogP contribution in [0.3, 0.4) is 0 Å². The smallest absolute Gasteiger partial charge is 0.340 e. The van der Waals surface area contributed by atoms with Gasteiger partial charge in [0.1, 0.15) is 5.82 Å². The molecule has 1 atom stereocenters. The van der Waals surface area contributed by atoms with Gasteiger partial charge in [-0.1, -0.05) is 12.1 Å². The maximum atomic E-state index is 14.3. The van der Waals surface area contributed by atoms with Gasteiger partial charge in [0.05, 0.1) is 18.7 Å². The van der Waals surface area contributed by atoms with E-state index < -0.39 is 23.4 Å². The van der Waals surface area contributed by atoms with Gasteiger partial charge in [0.15, 0.2) is 11.6 Å². The van der Waals surface area contributed by atoms with Crippen LogP contribution in [0.15, 0.2) is 36.4 Å². The molecule has 1 fully saturated rings. The minimum absolute atomic E-state index is 0.156. The molecule has 0 aliphatic carbocycles. The first-order valence-electron chi connectivity index (χ1n) is 8.11. The quantitative estimate of drug-likeness (QED) is 0.757. The van der Waals surface area contributed by atoms with Crippen LogP contribution in [0.1, 0.15) is 41.2 Å². The highest BCUT2D eigenvalue weighted by Crippen LogP contribution is 2.37. The number of anilines is 1. The maximum Gasteiger partial charge on any atom is 0.340 e. The first kappa shape index (κ1) is 17.3. The minimum atomic E-state index is -0.893. The van der Waals surface area contributed by atoms with Crippen LogP contribution in [0, 0.1) is 17.5 Å². The second-order valence-electron chi connectivity index (χ2n) is 6.00. The Hall–Kier alpha value is -2.50. The molecule has 6 heteroatoms. The topological polar surface area (TPSA) is 29.5 Å². The van der Waals surface area contributed by atoms with Crippen LogP contribution in [-0.4, -0.2) is 19.6 Å². The van der Waals surface area contributed by atoms with Crippen molar-refractivity contribution in [3.05, 3.63) is 65.0 Å². The summed E-state index contributed by atoms with van der Waals surface area (Å²) in [7, 11) is 1.18. The van der Waals surface area contributed by atoms with Crippen molar-refractivity contribution in [3.8, 4) is 0 Å². The zero-order chi connectivity index (χ0) is 18.0. The van der Waals surface area contributed by atoms with Gasteiger partial charge in [0, 0.05) is 17.8 Å². The Morgan fingerprint density at radius 2 is 1.92 bits per heavy atom. The van der Waals surface area contributed by atoms with E-state index in [1.54, 1.807) is 12.1 Å². The lowest BCUT2D eigenvalue weighted by atomic mass is 9.94. The molecule has 0 saturated carbocycles. The third-order valence-corrected chi connectivity index (χ3v) is 4.53. The molecule has 0 bridgehead atoms. The van der Waals surface area contributed by atoms with Crippen LogP contribution in [0.5, 0.6) is 0 Å². The average molecular weight is 349 g/mol. The molecular formula is C19H18F3NO2. The average Bonchev–Trinajstić information content (AvgIpc) is 2.63. The van der Waals surface area contributed by atoms with Gasteiger partial charge in [-0.25, -0.2) is 18.0 Å². The van der Waals surface area contributed by atoms with E-state index in [4.69, 9.17) is 0 Å². The molecule has 1 aliphatic rings. The number of hydrogen-bond acceptors (Lipinski definition) is 3. The van der Waals surface area contributed by atoms with E-state index in [0.29, 0.717) is 18.7 Å².